The van der Waals surface area contributed by atoms with E-state index in [1.54, 1.807) is 13.1 Å². The molecule has 11 heteroatoms. The van der Waals surface area contributed by atoms with Crippen LogP contribution in [-0.2, 0) is 7.05 Å². The second-order valence-electron chi connectivity index (χ2n) is 5.83. The number of pyridine rings is 1. The number of aromatic nitrogens is 3. The molecule has 3 aromatic rings. The van der Waals surface area contributed by atoms with Gasteiger partial charge in [-0.25, -0.2) is 4.98 Å². The van der Waals surface area contributed by atoms with Crippen molar-refractivity contribution < 1.29 is 23.0 Å². The molecule has 0 unspecified atom stereocenters. The molecule has 0 spiro atoms. The van der Waals surface area contributed by atoms with E-state index in [9.17, 15) is 13.6 Å². The number of nitrogens with one attached hydrogen (secondary N) is 1. The second-order valence-corrected chi connectivity index (χ2v) is 6.65. The predicted octanol–water partition coefficient (Wildman–Crippen LogP) is 4.36. The van der Waals surface area contributed by atoms with Crippen LogP contribution < -0.4 is 14.8 Å². The number of carbonyl (C=O) groups excluding carboxylic acids is 1. The van der Waals surface area contributed by atoms with Gasteiger partial charge < -0.3 is 14.8 Å². The number of carbonyl (C=O) groups is 1. The number of anilines is 1. The number of fused-ring (bicyclic) bond motifs is 1. The molecule has 1 aliphatic rings. The Balaban J connectivity index is 1.56. The summed E-state index contributed by atoms with van der Waals surface area (Å²) < 4.78 is 36.6. The first-order valence-electron chi connectivity index (χ1n) is 7.78. The van der Waals surface area contributed by atoms with Crippen molar-refractivity contribution in [1.82, 2.24) is 14.8 Å². The van der Waals surface area contributed by atoms with Crippen molar-refractivity contribution in [2.75, 3.05) is 5.32 Å². The van der Waals surface area contributed by atoms with Gasteiger partial charge in [-0.15, -0.1) is 8.78 Å². The van der Waals surface area contributed by atoms with Crippen LogP contribution in [0.5, 0.6) is 11.5 Å². The Labute approximate surface area is 166 Å². The van der Waals surface area contributed by atoms with Gasteiger partial charge in [-0.1, -0.05) is 23.2 Å². The molecular weight excluding hydrogens is 417 g/mol. The predicted molar refractivity (Wildman–Crippen MR) is 97.1 cm³/mol. The molecule has 3 heterocycles. The monoisotopic (exact) mass is 426 g/mol. The van der Waals surface area contributed by atoms with E-state index >= 15 is 0 Å². The summed E-state index contributed by atoms with van der Waals surface area (Å²) in [5.41, 5.74) is 1.01. The lowest BCUT2D eigenvalue weighted by Gasteiger charge is -2.07. The maximum Gasteiger partial charge on any atom is 0.586 e. The standard InChI is InChI=1S/C17H10Cl2F2N4O3/c1-25-7-11(19)15(24-25)16(26)23-14-3-2-8(6-22-14)9-4-12-13(5-10(9)18)28-17(20,21)27-12/h2-7H,1H3,(H,22,23,26). The van der Waals surface area contributed by atoms with Gasteiger partial charge in [0, 0.05) is 36.6 Å². The number of aryl methyl sites for hydroxylation is 1. The molecule has 0 aliphatic carbocycles. The molecule has 0 atom stereocenters. The van der Waals surface area contributed by atoms with Crippen LogP contribution in [0.2, 0.25) is 10.0 Å². The maximum atomic E-state index is 13.2. The van der Waals surface area contributed by atoms with Gasteiger partial charge in [-0.2, -0.15) is 5.10 Å². The van der Waals surface area contributed by atoms with Crippen molar-refractivity contribution in [3.63, 3.8) is 0 Å². The largest absolute Gasteiger partial charge is 0.586 e. The van der Waals surface area contributed by atoms with E-state index in [1.165, 1.54) is 35.3 Å². The van der Waals surface area contributed by atoms with E-state index in [0.717, 1.165) is 0 Å². The summed E-state index contributed by atoms with van der Waals surface area (Å²) in [4.78, 5) is 16.3. The van der Waals surface area contributed by atoms with Crippen LogP contribution in [0.25, 0.3) is 11.1 Å². The summed E-state index contributed by atoms with van der Waals surface area (Å²) in [6.07, 6.45) is -0.807. The first-order valence-corrected chi connectivity index (χ1v) is 8.54. The molecule has 1 aliphatic heterocycles. The topological polar surface area (TPSA) is 78.3 Å². The molecule has 1 aromatic carbocycles. The normalized spacial score (nSPS) is 14.2. The zero-order valence-electron chi connectivity index (χ0n) is 14.0. The van der Waals surface area contributed by atoms with Crippen LogP contribution >= 0.6 is 23.2 Å². The lowest BCUT2D eigenvalue weighted by atomic mass is 10.1. The number of halogens is 4. The van der Waals surface area contributed by atoms with Crippen LogP contribution in [0.1, 0.15) is 10.5 Å². The molecule has 144 valence electrons. The number of rotatable bonds is 3. The average Bonchev–Trinajstić information content (AvgIpc) is 3.11. The van der Waals surface area contributed by atoms with Crippen molar-refractivity contribution in [1.29, 1.82) is 0 Å². The fourth-order valence-corrected chi connectivity index (χ4v) is 3.14. The smallest absolute Gasteiger partial charge is 0.395 e. The molecule has 2 aromatic heterocycles. The number of hydrogen-bond donors (Lipinski definition) is 1. The van der Waals surface area contributed by atoms with E-state index < -0.39 is 12.2 Å². The van der Waals surface area contributed by atoms with Crippen LogP contribution in [-0.4, -0.2) is 27.0 Å². The molecule has 1 amide bonds. The number of alkyl halides is 2. The van der Waals surface area contributed by atoms with Crippen molar-refractivity contribution in [3.05, 3.63) is 52.4 Å². The number of hydrogen-bond acceptors (Lipinski definition) is 5. The van der Waals surface area contributed by atoms with E-state index in [-0.39, 0.29) is 33.1 Å². The molecule has 4 rings (SSSR count). The molecule has 28 heavy (non-hydrogen) atoms. The molecule has 0 saturated heterocycles. The minimum absolute atomic E-state index is 0.0646. The number of benzene rings is 1. The first-order chi connectivity index (χ1) is 13.2. The third-order valence-electron chi connectivity index (χ3n) is 3.81. The molecule has 0 bridgehead atoms. The second kappa shape index (κ2) is 6.61. The maximum absolute atomic E-state index is 13.2. The summed E-state index contributed by atoms with van der Waals surface area (Å²) in [6.45, 7) is 0. The molecule has 0 radical (unpaired) electrons. The molecule has 0 saturated carbocycles. The zero-order chi connectivity index (χ0) is 20.1. The number of ether oxygens (including phenoxy) is 2. The Morgan fingerprint density at radius 1 is 1.18 bits per heavy atom. The highest BCUT2D eigenvalue weighted by Crippen LogP contribution is 2.46. The molecule has 0 fully saturated rings. The summed E-state index contributed by atoms with van der Waals surface area (Å²) in [6, 6.07) is 5.72. The lowest BCUT2D eigenvalue weighted by Crippen LogP contribution is -2.25. The lowest BCUT2D eigenvalue weighted by molar-refractivity contribution is -0.286. The van der Waals surface area contributed by atoms with Crippen LogP contribution in [0.15, 0.2) is 36.7 Å². The number of amides is 1. The Morgan fingerprint density at radius 3 is 2.50 bits per heavy atom. The average molecular weight is 427 g/mol. The van der Waals surface area contributed by atoms with E-state index in [0.29, 0.717) is 11.1 Å². The van der Waals surface area contributed by atoms with Gasteiger partial charge in [0.2, 0.25) is 0 Å². The van der Waals surface area contributed by atoms with Gasteiger partial charge in [-0.3, -0.25) is 9.48 Å². The van der Waals surface area contributed by atoms with Crippen molar-refractivity contribution >= 4 is 34.9 Å². The SMILES string of the molecule is Cn1cc(Cl)c(C(=O)Nc2ccc(-c3cc4c(cc3Cl)OC(F)(F)O4)cn2)n1. The molecule has 7 nitrogen and oxygen atoms in total. The Hall–Kier alpha value is -2.91. The minimum Gasteiger partial charge on any atom is -0.395 e. The summed E-state index contributed by atoms with van der Waals surface area (Å²) >= 11 is 12.1. The third-order valence-corrected chi connectivity index (χ3v) is 4.40. The quantitative estimate of drug-likeness (QED) is 0.672. The summed E-state index contributed by atoms with van der Waals surface area (Å²) in [5, 5.41) is 6.93. The number of nitrogens with zero attached hydrogens (tertiary/aromatic N) is 3. The molecular formula is C17H10Cl2F2N4O3. The summed E-state index contributed by atoms with van der Waals surface area (Å²) in [7, 11) is 1.64. The Kier molecular flexibility index (Phi) is 4.35. The van der Waals surface area contributed by atoms with Gasteiger partial charge >= 0.3 is 6.29 Å². The van der Waals surface area contributed by atoms with Crippen molar-refractivity contribution in [2.45, 2.75) is 6.29 Å². The highest BCUT2D eigenvalue weighted by molar-refractivity contribution is 6.34. The van der Waals surface area contributed by atoms with Crippen molar-refractivity contribution in [3.8, 4) is 22.6 Å². The van der Waals surface area contributed by atoms with Crippen molar-refractivity contribution in [2.24, 2.45) is 7.05 Å². The highest BCUT2D eigenvalue weighted by atomic mass is 35.5. The van der Waals surface area contributed by atoms with Gasteiger partial charge in [0.05, 0.1) is 10.0 Å². The van der Waals surface area contributed by atoms with E-state index in [1.807, 2.05) is 0 Å². The van der Waals surface area contributed by atoms with E-state index in [2.05, 4.69) is 24.9 Å². The fourth-order valence-electron chi connectivity index (χ4n) is 2.61. The fraction of sp³-hybridized carbons (Fsp3) is 0.118. The third kappa shape index (κ3) is 3.46. The highest BCUT2D eigenvalue weighted by Gasteiger charge is 2.43. The van der Waals surface area contributed by atoms with Crippen LogP contribution in [0, 0.1) is 0 Å². The minimum atomic E-state index is -3.73. The Morgan fingerprint density at radius 2 is 1.89 bits per heavy atom. The van der Waals surface area contributed by atoms with Gasteiger partial charge in [0.25, 0.3) is 5.91 Å². The van der Waals surface area contributed by atoms with Crippen LogP contribution in [0.4, 0.5) is 14.6 Å². The molecule has 1 N–H and O–H groups in total. The van der Waals surface area contributed by atoms with E-state index in [4.69, 9.17) is 23.2 Å². The van der Waals surface area contributed by atoms with Crippen LogP contribution in [0.3, 0.4) is 0 Å². The summed E-state index contributed by atoms with van der Waals surface area (Å²) in [5.74, 6) is -0.553. The van der Waals surface area contributed by atoms with Gasteiger partial charge in [0.15, 0.2) is 17.2 Å². The zero-order valence-corrected chi connectivity index (χ0v) is 15.6. The first kappa shape index (κ1) is 18.5. The Bertz CT molecular complexity index is 1090. The van der Waals surface area contributed by atoms with Gasteiger partial charge in [-0.05, 0) is 18.2 Å². The van der Waals surface area contributed by atoms with Gasteiger partial charge in [0.1, 0.15) is 5.82 Å².